The summed E-state index contributed by atoms with van der Waals surface area (Å²) in [7, 11) is -1.30. The van der Waals surface area contributed by atoms with Gasteiger partial charge in [-0.2, -0.15) is 4.31 Å². The second kappa shape index (κ2) is 8.71. The molecule has 9 heteroatoms. The van der Waals surface area contributed by atoms with Crippen LogP contribution in [-0.4, -0.2) is 57.6 Å². The van der Waals surface area contributed by atoms with Gasteiger partial charge in [0, 0.05) is 12.6 Å². The Morgan fingerprint density at radius 3 is 2.52 bits per heavy atom. The predicted molar refractivity (Wildman–Crippen MR) is 97.1 cm³/mol. The van der Waals surface area contributed by atoms with Crippen LogP contribution in [0.2, 0.25) is 0 Å². The number of nitrogens with zero attached hydrogens (tertiary/aromatic N) is 1. The molecule has 1 fully saturated rings. The van der Waals surface area contributed by atoms with E-state index in [2.05, 4.69) is 4.74 Å². The molecule has 1 aliphatic heterocycles. The number of ether oxygens (including phenoxy) is 3. The first-order valence-corrected chi connectivity index (χ1v) is 10.1. The third-order valence-corrected chi connectivity index (χ3v) is 6.58. The molecule has 1 heterocycles. The van der Waals surface area contributed by atoms with Crippen molar-refractivity contribution in [1.82, 2.24) is 4.31 Å². The molecule has 0 spiro atoms. The van der Waals surface area contributed by atoms with Crippen LogP contribution < -0.4 is 4.74 Å². The lowest BCUT2D eigenvalue weighted by molar-refractivity contribution is -0.149. The molecular weight excluding hydrogens is 374 g/mol. The van der Waals surface area contributed by atoms with E-state index in [0.717, 1.165) is 19.3 Å². The minimum atomic E-state index is -3.85. The molecule has 2 unspecified atom stereocenters. The third kappa shape index (κ3) is 4.59. The number of hydrogen-bond donors (Lipinski definition) is 0. The van der Waals surface area contributed by atoms with E-state index in [-0.39, 0.29) is 22.3 Å². The Morgan fingerprint density at radius 2 is 1.93 bits per heavy atom. The molecular formula is C18H25NO7S. The normalized spacial score (nSPS) is 19.2. The summed E-state index contributed by atoms with van der Waals surface area (Å²) in [5.41, 5.74) is 0.00907. The number of hydrogen-bond acceptors (Lipinski definition) is 7. The van der Waals surface area contributed by atoms with Crippen LogP contribution in [0.1, 0.15) is 43.5 Å². The van der Waals surface area contributed by atoms with Crippen LogP contribution in [0.15, 0.2) is 23.1 Å². The standard InChI is InChI=1S/C18H25NO7S/c1-12-7-5-6-10-19(12)27(22,23)16-11-14(8-9-15(16)24-3)18(21)26-13(2)17(20)25-4/h8-9,11-13H,5-7,10H2,1-4H3. The minimum Gasteiger partial charge on any atom is -0.495 e. The molecule has 2 rings (SSSR count). The zero-order valence-electron chi connectivity index (χ0n) is 15.9. The average molecular weight is 399 g/mol. The molecule has 150 valence electrons. The number of esters is 2. The fourth-order valence-electron chi connectivity index (χ4n) is 3.00. The number of methoxy groups -OCH3 is 2. The molecule has 1 aromatic rings. The van der Waals surface area contributed by atoms with Crippen molar-refractivity contribution in [1.29, 1.82) is 0 Å². The van der Waals surface area contributed by atoms with Crippen LogP contribution >= 0.6 is 0 Å². The van der Waals surface area contributed by atoms with Gasteiger partial charge in [0.2, 0.25) is 10.0 Å². The molecule has 27 heavy (non-hydrogen) atoms. The van der Waals surface area contributed by atoms with Crippen LogP contribution in [0, 0.1) is 0 Å². The molecule has 0 radical (unpaired) electrons. The molecule has 1 aromatic carbocycles. The minimum absolute atomic E-state index is 0.00907. The van der Waals surface area contributed by atoms with Crippen molar-refractivity contribution in [3.8, 4) is 5.75 Å². The van der Waals surface area contributed by atoms with E-state index in [1.807, 2.05) is 6.92 Å². The molecule has 0 bridgehead atoms. The number of rotatable bonds is 6. The first kappa shape index (κ1) is 21.2. The van der Waals surface area contributed by atoms with Gasteiger partial charge in [0.25, 0.3) is 0 Å². The molecule has 0 amide bonds. The number of benzene rings is 1. The summed E-state index contributed by atoms with van der Waals surface area (Å²) < 4.78 is 42.5. The van der Waals surface area contributed by atoms with E-state index in [1.165, 1.54) is 43.6 Å². The van der Waals surface area contributed by atoms with Crippen molar-refractivity contribution in [3.63, 3.8) is 0 Å². The van der Waals surface area contributed by atoms with Gasteiger partial charge in [0.15, 0.2) is 6.10 Å². The Labute approximate surface area is 159 Å². The molecule has 0 saturated carbocycles. The van der Waals surface area contributed by atoms with E-state index in [4.69, 9.17) is 9.47 Å². The van der Waals surface area contributed by atoms with Gasteiger partial charge in [0.1, 0.15) is 10.6 Å². The van der Waals surface area contributed by atoms with Gasteiger partial charge < -0.3 is 14.2 Å². The smallest absolute Gasteiger partial charge is 0.346 e. The van der Waals surface area contributed by atoms with E-state index >= 15 is 0 Å². The van der Waals surface area contributed by atoms with E-state index < -0.39 is 28.1 Å². The lowest BCUT2D eigenvalue weighted by atomic mass is 10.1. The van der Waals surface area contributed by atoms with Crippen molar-refractivity contribution in [3.05, 3.63) is 23.8 Å². The van der Waals surface area contributed by atoms with Crippen LogP contribution in [0.3, 0.4) is 0 Å². The van der Waals surface area contributed by atoms with Crippen LogP contribution in [0.4, 0.5) is 0 Å². The fourth-order valence-corrected chi connectivity index (χ4v) is 4.89. The Bertz CT molecular complexity index is 806. The van der Waals surface area contributed by atoms with Crippen molar-refractivity contribution >= 4 is 22.0 Å². The molecule has 2 atom stereocenters. The first-order valence-electron chi connectivity index (χ1n) is 8.71. The molecule has 1 aliphatic rings. The summed E-state index contributed by atoms with van der Waals surface area (Å²) in [5, 5.41) is 0. The summed E-state index contributed by atoms with van der Waals surface area (Å²) >= 11 is 0. The van der Waals surface area contributed by atoms with Crippen molar-refractivity contribution < 1.29 is 32.2 Å². The van der Waals surface area contributed by atoms with E-state index in [0.29, 0.717) is 6.54 Å². The number of piperidine rings is 1. The maximum absolute atomic E-state index is 13.1. The second-order valence-corrected chi connectivity index (χ2v) is 8.26. The number of carbonyl (C=O) groups is 2. The fraction of sp³-hybridized carbons (Fsp3) is 0.556. The first-order chi connectivity index (χ1) is 12.7. The highest BCUT2D eigenvalue weighted by atomic mass is 32.2. The highest BCUT2D eigenvalue weighted by molar-refractivity contribution is 7.89. The molecule has 8 nitrogen and oxygen atoms in total. The number of sulfonamides is 1. The van der Waals surface area contributed by atoms with Crippen molar-refractivity contribution in [2.75, 3.05) is 20.8 Å². The van der Waals surface area contributed by atoms with E-state index in [1.54, 1.807) is 0 Å². The summed E-state index contributed by atoms with van der Waals surface area (Å²) in [6.45, 7) is 3.65. The third-order valence-electron chi connectivity index (χ3n) is 4.54. The highest BCUT2D eigenvalue weighted by Gasteiger charge is 2.34. The van der Waals surface area contributed by atoms with Gasteiger partial charge in [-0.05, 0) is 44.9 Å². The lowest BCUT2D eigenvalue weighted by Gasteiger charge is -2.32. The summed E-state index contributed by atoms with van der Waals surface area (Å²) in [5.74, 6) is -1.38. The average Bonchev–Trinajstić information content (AvgIpc) is 2.66. The summed E-state index contributed by atoms with van der Waals surface area (Å²) in [4.78, 5) is 23.6. The van der Waals surface area contributed by atoms with Gasteiger partial charge in [0.05, 0.1) is 19.8 Å². The molecule has 0 aliphatic carbocycles. The molecule has 0 aromatic heterocycles. The quantitative estimate of drug-likeness (QED) is 0.674. The Kier molecular flexibility index (Phi) is 6.83. The van der Waals surface area contributed by atoms with Gasteiger partial charge >= 0.3 is 11.9 Å². The van der Waals surface area contributed by atoms with Gasteiger partial charge in [-0.1, -0.05) is 6.42 Å². The zero-order chi connectivity index (χ0) is 20.2. The molecule has 0 N–H and O–H groups in total. The van der Waals surface area contributed by atoms with Gasteiger partial charge in [-0.3, -0.25) is 0 Å². The van der Waals surface area contributed by atoms with Crippen LogP contribution in [0.5, 0.6) is 5.75 Å². The van der Waals surface area contributed by atoms with Crippen LogP contribution in [-0.2, 0) is 24.3 Å². The van der Waals surface area contributed by atoms with E-state index in [9.17, 15) is 18.0 Å². The van der Waals surface area contributed by atoms with Crippen molar-refractivity contribution in [2.24, 2.45) is 0 Å². The lowest BCUT2D eigenvalue weighted by Crippen LogP contribution is -2.42. The zero-order valence-corrected chi connectivity index (χ0v) is 16.7. The largest absolute Gasteiger partial charge is 0.495 e. The Morgan fingerprint density at radius 1 is 1.22 bits per heavy atom. The number of carbonyl (C=O) groups excluding carboxylic acids is 2. The summed E-state index contributed by atoms with van der Waals surface area (Å²) in [6.07, 6.45) is 1.43. The second-order valence-electron chi connectivity index (χ2n) is 6.40. The summed E-state index contributed by atoms with van der Waals surface area (Å²) in [6, 6.07) is 3.88. The predicted octanol–water partition coefficient (Wildman–Crippen LogP) is 1.98. The SMILES string of the molecule is COC(=O)C(C)OC(=O)c1ccc(OC)c(S(=O)(=O)N2CCCCC2C)c1. The van der Waals surface area contributed by atoms with Crippen LogP contribution in [0.25, 0.3) is 0 Å². The van der Waals surface area contributed by atoms with Gasteiger partial charge in [-0.25, -0.2) is 18.0 Å². The maximum Gasteiger partial charge on any atom is 0.346 e. The molecule has 1 saturated heterocycles. The van der Waals surface area contributed by atoms with Crippen molar-refractivity contribution in [2.45, 2.75) is 50.2 Å². The Hall–Kier alpha value is -2.13. The highest BCUT2D eigenvalue weighted by Crippen LogP contribution is 2.31. The Balaban J connectivity index is 2.37. The van der Waals surface area contributed by atoms with Gasteiger partial charge in [-0.15, -0.1) is 0 Å². The monoisotopic (exact) mass is 399 g/mol. The topological polar surface area (TPSA) is 99.2 Å². The maximum atomic E-state index is 13.1.